The number of aliphatic hydroxyl groups is 2. The fourth-order valence-corrected chi connectivity index (χ4v) is 3.84. The quantitative estimate of drug-likeness (QED) is 0.116. The molecule has 0 unspecified atom stereocenters. The highest BCUT2D eigenvalue weighted by Gasteiger charge is 2.23. The van der Waals surface area contributed by atoms with E-state index in [0.29, 0.717) is 25.7 Å². The number of carbonyl (C=O) groups is 2. The van der Waals surface area contributed by atoms with E-state index in [1.54, 1.807) is 18.2 Å². The normalized spacial score (nSPS) is 16.2. The first-order valence-corrected chi connectivity index (χ1v) is 12.5. The molecule has 0 amide bonds. The van der Waals surface area contributed by atoms with E-state index in [-0.39, 0.29) is 17.3 Å². The fourth-order valence-electron chi connectivity index (χ4n) is 2.58. The third kappa shape index (κ3) is 17.2. The van der Waals surface area contributed by atoms with E-state index in [9.17, 15) is 19.8 Å². The number of thioether (sulfide) groups is 1. The van der Waals surface area contributed by atoms with Gasteiger partial charge in [0.1, 0.15) is 0 Å². The van der Waals surface area contributed by atoms with Crippen LogP contribution in [0.3, 0.4) is 0 Å². The summed E-state index contributed by atoms with van der Waals surface area (Å²) in [6, 6.07) is -0.709. The molecule has 8 heteroatoms. The fraction of sp³-hybridized carbons (Fsp3) is 0.652. The van der Waals surface area contributed by atoms with Crippen molar-refractivity contribution in [1.29, 1.82) is 0 Å². The lowest BCUT2D eigenvalue weighted by Gasteiger charge is -2.19. The van der Waals surface area contributed by atoms with E-state index in [0.717, 1.165) is 31.0 Å². The molecule has 0 aromatic carbocycles. The Morgan fingerprint density at radius 2 is 1.65 bits per heavy atom. The maximum Gasteiger partial charge on any atom is 0.303 e. The minimum Gasteiger partial charge on any atom is -0.481 e. The lowest BCUT2D eigenvalue weighted by Crippen LogP contribution is -2.33. The molecule has 0 aliphatic heterocycles. The van der Waals surface area contributed by atoms with Gasteiger partial charge in [0.2, 0.25) is 5.12 Å². The second kappa shape index (κ2) is 19.6. The lowest BCUT2D eigenvalue weighted by atomic mass is 10.1. The molecule has 31 heavy (non-hydrogen) atoms. The Labute approximate surface area is 196 Å². The highest BCUT2D eigenvalue weighted by molar-refractivity contribution is 8.14. The van der Waals surface area contributed by atoms with Gasteiger partial charge in [-0.25, -0.2) is 0 Å². The second-order valence-corrected chi connectivity index (χ2v) is 8.95. The lowest BCUT2D eigenvalue weighted by molar-refractivity contribution is -0.137. The second-order valence-electron chi connectivity index (χ2n) is 7.41. The number of allylic oxidation sites excluding steroid dienone is 2. The highest BCUT2D eigenvalue weighted by atomic mass is 32.2. The molecular weight excluding hydrogens is 434 g/mol. The molecule has 0 aliphatic rings. The number of aliphatic hydroxyl groups excluding tert-OH is 2. The average molecular weight is 474 g/mol. The molecule has 178 valence electrons. The van der Waals surface area contributed by atoms with Gasteiger partial charge >= 0.3 is 5.97 Å². The summed E-state index contributed by atoms with van der Waals surface area (Å²) in [5.41, 5.74) is 5.75. The van der Waals surface area contributed by atoms with Crippen molar-refractivity contribution in [3.05, 3.63) is 36.5 Å². The predicted octanol–water partition coefficient (Wildman–Crippen LogP) is 3.88. The van der Waals surface area contributed by atoms with Crippen molar-refractivity contribution in [3.63, 3.8) is 0 Å². The number of hydrogen-bond donors (Lipinski definition) is 5. The van der Waals surface area contributed by atoms with Crippen molar-refractivity contribution in [2.24, 2.45) is 5.73 Å². The van der Waals surface area contributed by atoms with Crippen molar-refractivity contribution in [2.75, 3.05) is 5.75 Å². The molecule has 0 rings (SSSR count). The summed E-state index contributed by atoms with van der Waals surface area (Å²) in [4.78, 5) is 22.7. The Morgan fingerprint density at radius 1 is 1.00 bits per heavy atom. The summed E-state index contributed by atoms with van der Waals surface area (Å²) in [7, 11) is 0. The number of unbranched alkanes of at least 4 members (excludes halogenated alkanes) is 4. The number of rotatable bonds is 18. The van der Waals surface area contributed by atoms with Crippen molar-refractivity contribution in [2.45, 2.75) is 88.2 Å². The zero-order chi connectivity index (χ0) is 23.5. The third-order valence-electron chi connectivity index (χ3n) is 4.48. The van der Waals surface area contributed by atoms with Gasteiger partial charge in [0.25, 0.3) is 0 Å². The van der Waals surface area contributed by atoms with Gasteiger partial charge in [0, 0.05) is 12.2 Å². The van der Waals surface area contributed by atoms with Crippen LogP contribution in [0.25, 0.3) is 0 Å². The molecular formula is C23H39NO5S2. The number of carboxylic acids is 1. The Balaban J connectivity index is 4.74. The van der Waals surface area contributed by atoms with Crippen molar-refractivity contribution >= 4 is 35.5 Å². The van der Waals surface area contributed by atoms with Crippen LogP contribution < -0.4 is 5.73 Å². The van der Waals surface area contributed by atoms with Crippen LogP contribution in [0.1, 0.15) is 64.7 Å². The minimum atomic E-state index is -0.818. The molecule has 0 saturated carbocycles. The monoisotopic (exact) mass is 473 g/mol. The molecule has 0 bridgehead atoms. The SMILES string of the molecule is CCCCC/C=C\C[C@@H](O)[C@H](/C=C/[C@@H](O)C/C=C\CCCC(=O)O)SC(=O)[C@@H](N)CS. The van der Waals surface area contributed by atoms with Crippen LogP contribution in [-0.2, 0) is 9.59 Å². The van der Waals surface area contributed by atoms with Crippen LogP contribution in [0, 0.1) is 0 Å². The Hall–Kier alpha value is -1.06. The number of nitrogens with two attached hydrogens (primary N) is 1. The van der Waals surface area contributed by atoms with Crippen molar-refractivity contribution in [3.8, 4) is 0 Å². The number of aliphatic carboxylic acids is 1. The van der Waals surface area contributed by atoms with Gasteiger partial charge in [-0.15, -0.1) is 0 Å². The van der Waals surface area contributed by atoms with Crippen LogP contribution in [-0.4, -0.2) is 55.7 Å². The summed E-state index contributed by atoms with van der Waals surface area (Å²) in [5.74, 6) is -0.591. The van der Waals surface area contributed by atoms with E-state index in [2.05, 4.69) is 25.6 Å². The molecule has 0 aromatic heterocycles. The van der Waals surface area contributed by atoms with Crippen LogP contribution in [0.4, 0.5) is 0 Å². The zero-order valence-electron chi connectivity index (χ0n) is 18.4. The number of carboxylic acid groups (broad SMARTS) is 1. The minimum absolute atomic E-state index is 0.124. The molecule has 0 radical (unpaired) electrons. The van der Waals surface area contributed by atoms with Crippen LogP contribution in [0.5, 0.6) is 0 Å². The predicted molar refractivity (Wildman–Crippen MR) is 133 cm³/mol. The number of thiol groups is 1. The molecule has 5 N–H and O–H groups in total. The van der Waals surface area contributed by atoms with Gasteiger partial charge in [-0.05, 0) is 38.5 Å². The summed E-state index contributed by atoms with van der Waals surface area (Å²) >= 11 is 5.02. The Morgan fingerprint density at radius 3 is 2.26 bits per heavy atom. The average Bonchev–Trinajstić information content (AvgIpc) is 2.74. The van der Waals surface area contributed by atoms with Gasteiger partial charge in [-0.2, -0.15) is 12.6 Å². The first-order valence-electron chi connectivity index (χ1n) is 10.9. The summed E-state index contributed by atoms with van der Waals surface area (Å²) in [6.45, 7) is 2.15. The van der Waals surface area contributed by atoms with Gasteiger partial charge in [-0.3, -0.25) is 9.59 Å². The van der Waals surface area contributed by atoms with E-state index < -0.39 is 29.5 Å². The van der Waals surface area contributed by atoms with E-state index in [1.807, 2.05) is 12.2 Å². The maximum absolute atomic E-state index is 12.2. The summed E-state index contributed by atoms with van der Waals surface area (Å²) in [5, 5.41) is 28.6. The zero-order valence-corrected chi connectivity index (χ0v) is 20.1. The molecule has 0 saturated heterocycles. The standard InChI is InChI=1S/C23H39NO5S2/c1-2-3-4-5-6-10-13-20(26)21(31-23(29)19(24)17-30)16-15-18(25)12-9-7-8-11-14-22(27)28/h6-7,9-10,15-16,18-21,25-26,30H,2-5,8,11-14,17,24H2,1H3,(H,27,28)/b9-7-,10-6-,16-15+/t18-,19-,20+,21-/m0/s1. The number of carbonyl (C=O) groups excluding carboxylic acids is 1. The molecule has 4 atom stereocenters. The number of hydrogen-bond acceptors (Lipinski definition) is 7. The first kappa shape index (κ1) is 29.9. The van der Waals surface area contributed by atoms with Crippen molar-refractivity contribution < 1.29 is 24.9 Å². The van der Waals surface area contributed by atoms with E-state index in [4.69, 9.17) is 10.8 Å². The van der Waals surface area contributed by atoms with Crippen molar-refractivity contribution in [1.82, 2.24) is 0 Å². The van der Waals surface area contributed by atoms with Crippen LogP contribution >= 0.6 is 24.4 Å². The van der Waals surface area contributed by atoms with Gasteiger partial charge in [0.15, 0.2) is 0 Å². The van der Waals surface area contributed by atoms with Gasteiger partial charge < -0.3 is 21.1 Å². The van der Waals surface area contributed by atoms with E-state index >= 15 is 0 Å². The largest absolute Gasteiger partial charge is 0.481 e. The molecule has 0 heterocycles. The third-order valence-corrected chi connectivity index (χ3v) is 6.15. The van der Waals surface area contributed by atoms with Crippen LogP contribution in [0.2, 0.25) is 0 Å². The maximum atomic E-state index is 12.2. The Kier molecular flexibility index (Phi) is 18.9. The Bertz CT molecular complexity index is 580. The molecule has 6 nitrogen and oxygen atoms in total. The smallest absolute Gasteiger partial charge is 0.303 e. The molecule has 0 spiro atoms. The molecule has 0 aliphatic carbocycles. The molecule has 0 aromatic rings. The molecule has 0 fully saturated rings. The van der Waals surface area contributed by atoms with Gasteiger partial charge in [0.05, 0.1) is 23.5 Å². The van der Waals surface area contributed by atoms with Gasteiger partial charge in [-0.1, -0.05) is 68.0 Å². The highest BCUT2D eigenvalue weighted by Crippen LogP contribution is 2.22. The van der Waals surface area contributed by atoms with E-state index in [1.165, 1.54) is 6.42 Å². The summed E-state index contributed by atoms with van der Waals surface area (Å²) in [6.07, 6.45) is 15.9. The summed E-state index contributed by atoms with van der Waals surface area (Å²) < 4.78 is 0. The first-order chi connectivity index (χ1) is 14.8. The topological polar surface area (TPSA) is 121 Å². The van der Waals surface area contributed by atoms with Crippen LogP contribution in [0.15, 0.2) is 36.5 Å².